The molecule has 2 aromatic carbocycles. The van der Waals surface area contributed by atoms with Gasteiger partial charge < -0.3 is 9.47 Å². The molecule has 0 amide bonds. The molecule has 0 N–H and O–H groups in total. The summed E-state index contributed by atoms with van der Waals surface area (Å²) in [5.74, 6) is -0.841. The molecular formula is C15H12F2O3. The summed E-state index contributed by atoms with van der Waals surface area (Å²) in [6.45, 7) is 0.329. The van der Waals surface area contributed by atoms with E-state index < -0.39 is 11.6 Å². The fourth-order valence-electron chi connectivity index (χ4n) is 1.55. The van der Waals surface area contributed by atoms with Gasteiger partial charge in [0.1, 0.15) is 31.1 Å². The Morgan fingerprint density at radius 3 is 2.30 bits per heavy atom. The molecule has 0 bridgehead atoms. The van der Waals surface area contributed by atoms with Crippen LogP contribution >= 0.6 is 0 Å². The molecule has 20 heavy (non-hydrogen) atoms. The fraction of sp³-hybridized carbons (Fsp3) is 0.133. The number of aldehydes is 1. The van der Waals surface area contributed by atoms with Gasteiger partial charge in [-0.05, 0) is 36.4 Å². The first-order chi connectivity index (χ1) is 9.69. The van der Waals surface area contributed by atoms with E-state index in [2.05, 4.69) is 0 Å². The van der Waals surface area contributed by atoms with E-state index in [-0.39, 0.29) is 19.0 Å². The van der Waals surface area contributed by atoms with E-state index in [0.717, 1.165) is 18.4 Å². The van der Waals surface area contributed by atoms with Crippen molar-refractivity contribution in [3.63, 3.8) is 0 Å². The largest absolute Gasteiger partial charge is 0.490 e. The summed E-state index contributed by atoms with van der Waals surface area (Å²) >= 11 is 0. The highest BCUT2D eigenvalue weighted by molar-refractivity contribution is 5.74. The maximum absolute atomic E-state index is 13.2. The molecule has 0 radical (unpaired) electrons. The van der Waals surface area contributed by atoms with E-state index in [1.165, 1.54) is 6.07 Å². The number of benzene rings is 2. The zero-order valence-electron chi connectivity index (χ0n) is 10.5. The van der Waals surface area contributed by atoms with Crippen LogP contribution in [0.2, 0.25) is 0 Å². The Morgan fingerprint density at radius 2 is 1.65 bits per heavy atom. The van der Waals surface area contributed by atoms with Gasteiger partial charge in [-0.15, -0.1) is 0 Å². The van der Waals surface area contributed by atoms with Gasteiger partial charge in [-0.25, -0.2) is 8.78 Å². The van der Waals surface area contributed by atoms with Crippen molar-refractivity contribution in [2.45, 2.75) is 0 Å². The molecule has 104 valence electrons. The second-order valence-electron chi connectivity index (χ2n) is 3.96. The molecule has 2 rings (SSSR count). The number of ether oxygens (including phenoxy) is 2. The van der Waals surface area contributed by atoms with Crippen molar-refractivity contribution in [3.8, 4) is 11.5 Å². The molecule has 5 heteroatoms. The maximum Gasteiger partial charge on any atom is 0.167 e. The molecule has 0 saturated carbocycles. The molecule has 0 aliphatic heterocycles. The van der Waals surface area contributed by atoms with Crippen LogP contribution in [-0.2, 0) is 0 Å². The van der Waals surface area contributed by atoms with Crippen molar-refractivity contribution >= 4 is 6.29 Å². The lowest BCUT2D eigenvalue weighted by Gasteiger charge is -2.09. The van der Waals surface area contributed by atoms with Gasteiger partial charge in [-0.3, -0.25) is 4.79 Å². The Labute approximate surface area is 114 Å². The number of hydrogen-bond acceptors (Lipinski definition) is 3. The quantitative estimate of drug-likeness (QED) is 0.601. The molecular weight excluding hydrogens is 266 g/mol. The Hall–Kier alpha value is -2.43. The summed E-state index contributed by atoms with van der Waals surface area (Å²) in [4.78, 5) is 10.5. The van der Waals surface area contributed by atoms with E-state index in [4.69, 9.17) is 9.47 Å². The Kier molecular flexibility index (Phi) is 4.65. The van der Waals surface area contributed by atoms with Crippen molar-refractivity contribution in [3.05, 3.63) is 59.7 Å². The van der Waals surface area contributed by atoms with Gasteiger partial charge >= 0.3 is 0 Å². The summed E-state index contributed by atoms with van der Waals surface area (Å²) in [7, 11) is 0. The highest BCUT2D eigenvalue weighted by atomic mass is 19.1. The van der Waals surface area contributed by atoms with Crippen LogP contribution in [0.25, 0.3) is 0 Å². The van der Waals surface area contributed by atoms with E-state index in [0.29, 0.717) is 11.3 Å². The summed E-state index contributed by atoms with van der Waals surface area (Å²) < 4.78 is 36.4. The lowest BCUT2D eigenvalue weighted by Crippen LogP contribution is -2.09. The zero-order valence-corrected chi connectivity index (χ0v) is 10.5. The first-order valence-electron chi connectivity index (χ1n) is 5.95. The van der Waals surface area contributed by atoms with Crippen LogP contribution in [0.15, 0.2) is 42.5 Å². The van der Waals surface area contributed by atoms with Crippen LogP contribution in [0.3, 0.4) is 0 Å². The topological polar surface area (TPSA) is 35.5 Å². The molecule has 0 heterocycles. The molecule has 0 aromatic heterocycles. The van der Waals surface area contributed by atoms with Crippen LogP contribution in [0.1, 0.15) is 10.4 Å². The average molecular weight is 278 g/mol. The first-order valence-corrected chi connectivity index (χ1v) is 5.95. The molecule has 0 spiro atoms. The number of carbonyl (C=O) groups is 1. The summed E-state index contributed by atoms with van der Waals surface area (Å²) in [5.41, 5.74) is 0.557. The molecule has 0 atom stereocenters. The van der Waals surface area contributed by atoms with Crippen molar-refractivity contribution < 1.29 is 23.0 Å². The summed E-state index contributed by atoms with van der Waals surface area (Å²) in [6, 6.07) is 9.67. The van der Waals surface area contributed by atoms with Crippen LogP contribution in [0.4, 0.5) is 8.78 Å². The lowest BCUT2D eigenvalue weighted by atomic mass is 10.2. The van der Waals surface area contributed by atoms with Gasteiger partial charge in [-0.2, -0.15) is 0 Å². The summed E-state index contributed by atoms with van der Waals surface area (Å²) in [6.07, 6.45) is 0.740. The van der Waals surface area contributed by atoms with Gasteiger partial charge in [0.2, 0.25) is 0 Å². The zero-order chi connectivity index (χ0) is 14.4. The highest BCUT2D eigenvalue weighted by Gasteiger charge is 2.04. The monoisotopic (exact) mass is 278 g/mol. The van der Waals surface area contributed by atoms with Crippen LogP contribution in [0, 0.1) is 11.6 Å². The smallest absolute Gasteiger partial charge is 0.167 e. The number of rotatable bonds is 6. The maximum atomic E-state index is 13.2. The second-order valence-corrected chi connectivity index (χ2v) is 3.96. The van der Waals surface area contributed by atoms with E-state index in [9.17, 15) is 13.6 Å². The minimum atomic E-state index is -0.750. The lowest BCUT2D eigenvalue weighted by molar-refractivity contribution is 0.112. The van der Waals surface area contributed by atoms with Crippen molar-refractivity contribution in [1.82, 2.24) is 0 Å². The van der Waals surface area contributed by atoms with E-state index >= 15 is 0 Å². The average Bonchev–Trinajstić information content (AvgIpc) is 2.46. The van der Waals surface area contributed by atoms with Gasteiger partial charge in [0.25, 0.3) is 0 Å². The number of hydrogen-bond donors (Lipinski definition) is 0. The predicted molar refractivity (Wildman–Crippen MR) is 69.2 cm³/mol. The third-order valence-corrected chi connectivity index (χ3v) is 2.52. The predicted octanol–water partition coefficient (Wildman–Crippen LogP) is 3.24. The van der Waals surface area contributed by atoms with Gasteiger partial charge in [0.15, 0.2) is 11.6 Å². The summed E-state index contributed by atoms with van der Waals surface area (Å²) in [5, 5.41) is 0. The minimum absolute atomic E-state index is 0.0219. The molecule has 0 fully saturated rings. The van der Waals surface area contributed by atoms with E-state index in [1.807, 2.05) is 0 Å². The number of carbonyl (C=O) groups excluding carboxylic acids is 1. The minimum Gasteiger partial charge on any atom is -0.490 e. The van der Waals surface area contributed by atoms with Crippen LogP contribution in [0.5, 0.6) is 11.5 Å². The Morgan fingerprint density at radius 1 is 0.950 bits per heavy atom. The second kappa shape index (κ2) is 6.65. The third kappa shape index (κ3) is 3.78. The third-order valence-electron chi connectivity index (χ3n) is 2.52. The number of halogens is 2. The Balaban J connectivity index is 1.79. The standard InChI is InChI=1S/C15H12F2O3/c16-12-3-6-15(14(17)9-12)20-8-7-19-13-4-1-11(10-18)2-5-13/h1-6,9-10H,7-8H2. The SMILES string of the molecule is O=Cc1ccc(OCCOc2ccc(F)cc2F)cc1. The molecule has 2 aromatic rings. The van der Waals surface area contributed by atoms with Crippen LogP contribution in [-0.4, -0.2) is 19.5 Å². The highest BCUT2D eigenvalue weighted by Crippen LogP contribution is 2.17. The molecule has 0 aliphatic carbocycles. The molecule has 3 nitrogen and oxygen atoms in total. The fourth-order valence-corrected chi connectivity index (χ4v) is 1.55. The van der Waals surface area contributed by atoms with Gasteiger partial charge in [0.05, 0.1) is 0 Å². The first kappa shape index (κ1) is 14.0. The van der Waals surface area contributed by atoms with Crippen molar-refractivity contribution in [2.24, 2.45) is 0 Å². The molecule has 0 saturated heterocycles. The molecule has 0 unspecified atom stereocenters. The van der Waals surface area contributed by atoms with Crippen molar-refractivity contribution in [1.29, 1.82) is 0 Å². The van der Waals surface area contributed by atoms with Gasteiger partial charge in [-0.1, -0.05) is 0 Å². The normalized spacial score (nSPS) is 10.1. The Bertz CT molecular complexity index is 582. The van der Waals surface area contributed by atoms with Gasteiger partial charge in [0, 0.05) is 11.6 Å². The molecule has 0 aliphatic rings. The van der Waals surface area contributed by atoms with Crippen LogP contribution < -0.4 is 9.47 Å². The van der Waals surface area contributed by atoms with Crippen molar-refractivity contribution in [2.75, 3.05) is 13.2 Å². The van der Waals surface area contributed by atoms with E-state index in [1.54, 1.807) is 24.3 Å².